The number of unbranched alkanes of at least 4 members (excludes halogenated alkanes) is 2. The number of benzene rings is 2. The summed E-state index contributed by atoms with van der Waals surface area (Å²) in [4.78, 5) is 0. The molecule has 4 rings (SSSR count). The third kappa shape index (κ3) is 5.60. The van der Waals surface area contributed by atoms with E-state index < -0.39 is 0 Å². The summed E-state index contributed by atoms with van der Waals surface area (Å²) in [5.41, 5.74) is 0. The molecule has 0 fully saturated rings. The molecule has 0 amide bonds. The van der Waals surface area contributed by atoms with Crippen LogP contribution in [0.2, 0.25) is 0 Å². The normalized spacial score (nSPS) is 10.4. The van der Waals surface area contributed by atoms with Crippen molar-refractivity contribution in [3.05, 3.63) is 85.5 Å². The van der Waals surface area contributed by atoms with Crippen molar-refractivity contribution in [3.63, 3.8) is 0 Å². The highest BCUT2D eigenvalue weighted by molar-refractivity contribution is 5.80. The van der Waals surface area contributed by atoms with Gasteiger partial charge in [0.25, 0.3) is 0 Å². The Morgan fingerprint density at radius 1 is 0.481 bits per heavy atom. The lowest BCUT2D eigenvalue weighted by molar-refractivity contribution is -0.699. The van der Waals surface area contributed by atoms with Crippen molar-refractivity contribution >= 4 is 21.5 Å². The molecular formula is C23H24Br2N2. The van der Waals surface area contributed by atoms with Gasteiger partial charge in [-0.25, -0.2) is 9.13 Å². The van der Waals surface area contributed by atoms with Gasteiger partial charge in [-0.3, -0.25) is 0 Å². The summed E-state index contributed by atoms with van der Waals surface area (Å²) in [6, 6.07) is 21.5. The third-order valence-electron chi connectivity index (χ3n) is 4.83. The molecule has 0 atom stereocenters. The summed E-state index contributed by atoms with van der Waals surface area (Å²) >= 11 is 0. The van der Waals surface area contributed by atoms with Crippen LogP contribution in [-0.4, -0.2) is 0 Å². The van der Waals surface area contributed by atoms with Gasteiger partial charge in [-0.2, -0.15) is 0 Å². The standard InChI is InChI=1S/C23H24N2.2BrH/c1(6-14-24-16-12-20-8-2-4-10-22(20)18-24)7-15-25-17-13-21-9-3-5-11-23(21)19-25;;/h2-5,8-13,16-19H,1,6-7,14-15H2;2*1H/q+2;;/p-2. The molecule has 0 radical (unpaired) electrons. The largest absolute Gasteiger partial charge is 1.00 e. The molecule has 140 valence electrons. The SMILES string of the molecule is [Br-].[Br-].c1ccc2c[n+](CCCCC[n+]3ccc4ccccc4c3)ccc2c1. The van der Waals surface area contributed by atoms with E-state index >= 15 is 0 Å². The lowest BCUT2D eigenvalue weighted by Gasteiger charge is -2.01. The van der Waals surface area contributed by atoms with Crippen LogP contribution in [0.4, 0.5) is 0 Å². The predicted molar refractivity (Wildman–Crippen MR) is 102 cm³/mol. The zero-order valence-corrected chi connectivity index (χ0v) is 18.4. The molecule has 2 heterocycles. The lowest BCUT2D eigenvalue weighted by Crippen LogP contribution is -3.00. The van der Waals surface area contributed by atoms with Gasteiger partial charge in [0.2, 0.25) is 0 Å². The average Bonchev–Trinajstić information content (AvgIpc) is 2.67. The minimum atomic E-state index is 0. The second kappa shape index (κ2) is 10.5. The van der Waals surface area contributed by atoms with E-state index in [1.54, 1.807) is 0 Å². The molecule has 0 N–H and O–H groups in total. The highest BCUT2D eigenvalue weighted by Gasteiger charge is 2.05. The third-order valence-corrected chi connectivity index (χ3v) is 4.83. The van der Waals surface area contributed by atoms with Crippen molar-refractivity contribution < 1.29 is 43.1 Å². The Bertz CT molecular complexity index is 920. The van der Waals surface area contributed by atoms with Gasteiger partial charge in [0.15, 0.2) is 24.8 Å². The van der Waals surface area contributed by atoms with Gasteiger partial charge in [-0.05, 0) is 29.3 Å². The average molecular weight is 488 g/mol. The monoisotopic (exact) mass is 486 g/mol. The van der Waals surface area contributed by atoms with Gasteiger partial charge in [0.1, 0.15) is 13.1 Å². The van der Waals surface area contributed by atoms with Crippen LogP contribution >= 0.6 is 0 Å². The number of nitrogens with zero attached hydrogens (tertiary/aromatic N) is 2. The van der Waals surface area contributed by atoms with Crippen molar-refractivity contribution in [1.29, 1.82) is 0 Å². The van der Waals surface area contributed by atoms with Crippen molar-refractivity contribution in [2.75, 3.05) is 0 Å². The Balaban J connectivity index is 0.00000131. The smallest absolute Gasteiger partial charge is 0.176 e. The first-order chi connectivity index (χ1) is 12.4. The first-order valence-corrected chi connectivity index (χ1v) is 9.14. The van der Waals surface area contributed by atoms with Crippen molar-refractivity contribution in [1.82, 2.24) is 0 Å². The van der Waals surface area contributed by atoms with Crippen molar-refractivity contribution in [2.24, 2.45) is 0 Å². The van der Waals surface area contributed by atoms with Crippen LogP contribution in [0.25, 0.3) is 21.5 Å². The van der Waals surface area contributed by atoms with E-state index in [1.807, 2.05) is 0 Å². The number of halogens is 2. The van der Waals surface area contributed by atoms with E-state index in [2.05, 4.69) is 94.6 Å². The van der Waals surface area contributed by atoms with E-state index in [0.29, 0.717) is 0 Å². The summed E-state index contributed by atoms with van der Waals surface area (Å²) in [6.07, 6.45) is 12.6. The maximum absolute atomic E-state index is 2.31. The zero-order valence-electron chi connectivity index (χ0n) is 15.3. The molecule has 0 unspecified atom stereocenters. The van der Waals surface area contributed by atoms with E-state index in [-0.39, 0.29) is 34.0 Å². The molecule has 0 saturated heterocycles. The topological polar surface area (TPSA) is 7.76 Å². The Hall–Kier alpha value is -1.78. The number of aromatic nitrogens is 2. The van der Waals surface area contributed by atoms with Crippen LogP contribution in [0.15, 0.2) is 85.5 Å². The van der Waals surface area contributed by atoms with Gasteiger partial charge in [-0.1, -0.05) is 36.4 Å². The first-order valence-electron chi connectivity index (χ1n) is 9.14. The maximum atomic E-state index is 2.31. The summed E-state index contributed by atoms with van der Waals surface area (Å²) in [7, 11) is 0. The van der Waals surface area contributed by atoms with Gasteiger partial charge < -0.3 is 34.0 Å². The molecule has 0 spiro atoms. The fraction of sp³-hybridized carbons (Fsp3) is 0.217. The van der Waals surface area contributed by atoms with Gasteiger partial charge in [0.05, 0.1) is 0 Å². The van der Waals surface area contributed by atoms with Crippen LogP contribution < -0.4 is 43.1 Å². The van der Waals surface area contributed by atoms with Crippen LogP contribution in [0.5, 0.6) is 0 Å². The summed E-state index contributed by atoms with van der Waals surface area (Å²) in [5.74, 6) is 0. The molecule has 27 heavy (non-hydrogen) atoms. The van der Waals surface area contributed by atoms with Crippen LogP contribution in [0, 0.1) is 0 Å². The fourth-order valence-corrected chi connectivity index (χ4v) is 3.40. The molecular weight excluding hydrogens is 464 g/mol. The van der Waals surface area contributed by atoms with E-state index in [4.69, 9.17) is 0 Å². The minimum Gasteiger partial charge on any atom is -1.00 e. The summed E-state index contributed by atoms with van der Waals surface area (Å²) < 4.78 is 4.62. The molecule has 0 saturated carbocycles. The molecule has 2 nitrogen and oxygen atoms in total. The molecule has 2 aromatic heterocycles. The number of fused-ring (bicyclic) bond motifs is 2. The maximum Gasteiger partial charge on any atom is 0.176 e. The highest BCUT2D eigenvalue weighted by atomic mass is 79.9. The quantitative estimate of drug-likeness (QED) is 0.230. The highest BCUT2D eigenvalue weighted by Crippen LogP contribution is 2.11. The molecule has 4 aromatic rings. The number of aryl methyl sites for hydroxylation is 2. The molecule has 0 bridgehead atoms. The molecule has 2 aromatic carbocycles. The molecule has 0 aliphatic heterocycles. The lowest BCUT2D eigenvalue weighted by atomic mass is 10.1. The zero-order chi connectivity index (χ0) is 16.9. The second-order valence-electron chi connectivity index (χ2n) is 6.68. The van der Waals surface area contributed by atoms with Gasteiger partial charge in [-0.15, -0.1) is 0 Å². The van der Waals surface area contributed by atoms with Gasteiger partial charge in [0, 0.05) is 35.7 Å². The summed E-state index contributed by atoms with van der Waals surface area (Å²) in [6.45, 7) is 2.18. The van der Waals surface area contributed by atoms with Gasteiger partial charge >= 0.3 is 0 Å². The van der Waals surface area contributed by atoms with Crippen molar-refractivity contribution in [3.8, 4) is 0 Å². The van der Waals surface area contributed by atoms with Crippen molar-refractivity contribution in [2.45, 2.75) is 32.4 Å². The van der Waals surface area contributed by atoms with Crippen LogP contribution in [-0.2, 0) is 13.1 Å². The molecule has 0 aliphatic rings. The Morgan fingerprint density at radius 3 is 1.33 bits per heavy atom. The van der Waals surface area contributed by atoms with E-state index in [1.165, 1.54) is 40.8 Å². The number of rotatable bonds is 6. The van der Waals surface area contributed by atoms with E-state index in [9.17, 15) is 0 Å². The molecule has 0 aliphatic carbocycles. The number of hydrogen-bond donors (Lipinski definition) is 0. The predicted octanol–water partition coefficient (Wildman–Crippen LogP) is -1.55. The van der Waals surface area contributed by atoms with E-state index in [0.717, 1.165) is 13.1 Å². The Kier molecular flexibility index (Phi) is 8.39. The van der Waals surface area contributed by atoms with Crippen LogP contribution in [0.1, 0.15) is 19.3 Å². The number of pyridine rings is 2. The Morgan fingerprint density at radius 2 is 0.889 bits per heavy atom. The van der Waals surface area contributed by atoms with Crippen LogP contribution in [0.3, 0.4) is 0 Å². The number of hydrogen-bond acceptors (Lipinski definition) is 0. The fourth-order valence-electron chi connectivity index (χ4n) is 3.40. The Labute approximate surface area is 182 Å². The minimum absolute atomic E-state index is 0. The first kappa shape index (κ1) is 21.5. The summed E-state index contributed by atoms with van der Waals surface area (Å²) in [5, 5.41) is 5.26. The second-order valence-corrected chi connectivity index (χ2v) is 6.68. The molecule has 4 heteroatoms.